The second-order valence-corrected chi connectivity index (χ2v) is 8.48. The van der Waals surface area contributed by atoms with E-state index in [4.69, 9.17) is 0 Å². The van der Waals surface area contributed by atoms with E-state index < -0.39 is 0 Å². The van der Waals surface area contributed by atoms with Crippen molar-refractivity contribution in [2.24, 2.45) is 0 Å². The molecule has 33 heavy (non-hydrogen) atoms. The van der Waals surface area contributed by atoms with Gasteiger partial charge in [-0.25, -0.2) is 4.79 Å². The van der Waals surface area contributed by atoms with Gasteiger partial charge in [-0.3, -0.25) is 9.13 Å². The second kappa shape index (κ2) is 10.4. The van der Waals surface area contributed by atoms with E-state index in [0.717, 1.165) is 66.7 Å². The predicted octanol–water partition coefficient (Wildman–Crippen LogP) is 4.79. The number of para-hydroxylation sites is 1. The van der Waals surface area contributed by atoms with Crippen molar-refractivity contribution >= 4 is 0 Å². The van der Waals surface area contributed by atoms with Crippen molar-refractivity contribution in [2.75, 3.05) is 0 Å². The number of tetrazole rings is 1. The number of rotatable bonds is 10. The SMILES string of the molecule is CCCCc1c(C)n(CCCC)c(=O)n1Cc1ccc(-c2ccccc2-n2cnnn2)cc1. The molecule has 0 fully saturated rings. The molecule has 0 aliphatic heterocycles. The van der Waals surface area contributed by atoms with E-state index in [0.29, 0.717) is 6.54 Å². The molecule has 0 aliphatic carbocycles. The lowest BCUT2D eigenvalue weighted by Crippen LogP contribution is -2.26. The molecule has 0 atom stereocenters. The van der Waals surface area contributed by atoms with Crippen LogP contribution >= 0.6 is 0 Å². The number of hydrogen-bond acceptors (Lipinski definition) is 4. The first-order valence-corrected chi connectivity index (χ1v) is 11.8. The summed E-state index contributed by atoms with van der Waals surface area (Å²) in [6.07, 6.45) is 6.84. The van der Waals surface area contributed by atoms with E-state index >= 15 is 0 Å². The first-order valence-electron chi connectivity index (χ1n) is 11.8. The lowest BCUT2D eigenvalue weighted by Gasteiger charge is -2.11. The van der Waals surface area contributed by atoms with Gasteiger partial charge in [-0.1, -0.05) is 69.2 Å². The standard InChI is InChI=1S/C26H32N6O/c1-4-6-11-24-20(3)30(17-7-5-2)26(33)31(24)18-21-13-15-22(16-14-21)23-10-8-9-12-25(23)32-19-27-28-29-32/h8-10,12-16,19H,4-7,11,17-18H2,1-3H3. The van der Waals surface area contributed by atoms with Gasteiger partial charge in [0.1, 0.15) is 6.33 Å². The van der Waals surface area contributed by atoms with Crippen molar-refractivity contribution in [3.63, 3.8) is 0 Å². The van der Waals surface area contributed by atoms with Gasteiger partial charge in [-0.05, 0) is 53.8 Å². The lowest BCUT2D eigenvalue weighted by atomic mass is 10.0. The van der Waals surface area contributed by atoms with Crippen LogP contribution in [0.5, 0.6) is 0 Å². The van der Waals surface area contributed by atoms with Crippen LogP contribution in [0.25, 0.3) is 16.8 Å². The molecular weight excluding hydrogens is 412 g/mol. The topological polar surface area (TPSA) is 70.5 Å². The van der Waals surface area contributed by atoms with Crippen LogP contribution in [-0.2, 0) is 19.5 Å². The quantitative estimate of drug-likeness (QED) is 0.353. The molecule has 0 bridgehead atoms. The molecule has 0 radical (unpaired) electrons. The van der Waals surface area contributed by atoms with Crippen molar-refractivity contribution in [3.05, 3.63) is 82.3 Å². The zero-order valence-corrected chi connectivity index (χ0v) is 19.7. The Kier molecular flexibility index (Phi) is 7.17. The molecule has 4 aromatic rings. The smallest absolute Gasteiger partial charge is 0.296 e. The van der Waals surface area contributed by atoms with Crippen LogP contribution in [0.2, 0.25) is 0 Å². The highest BCUT2D eigenvalue weighted by Gasteiger charge is 2.16. The van der Waals surface area contributed by atoms with Gasteiger partial charge >= 0.3 is 5.69 Å². The largest absolute Gasteiger partial charge is 0.328 e. The van der Waals surface area contributed by atoms with Gasteiger partial charge in [0.05, 0.1) is 12.2 Å². The monoisotopic (exact) mass is 444 g/mol. The molecule has 0 saturated carbocycles. The molecule has 4 rings (SSSR count). The van der Waals surface area contributed by atoms with Gasteiger partial charge < -0.3 is 0 Å². The third kappa shape index (κ3) is 4.82. The van der Waals surface area contributed by atoms with E-state index in [1.54, 1.807) is 11.0 Å². The fourth-order valence-electron chi connectivity index (χ4n) is 4.32. The molecule has 2 aromatic heterocycles. The Hall–Kier alpha value is -3.48. The first kappa shape index (κ1) is 22.7. The number of hydrogen-bond donors (Lipinski definition) is 0. The third-order valence-corrected chi connectivity index (χ3v) is 6.22. The zero-order valence-electron chi connectivity index (χ0n) is 19.7. The Morgan fingerprint density at radius 3 is 2.36 bits per heavy atom. The van der Waals surface area contributed by atoms with Crippen molar-refractivity contribution in [3.8, 4) is 16.8 Å². The summed E-state index contributed by atoms with van der Waals surface area (Å²) in [6, 6.07) is 16.5. The maximum absolute atomic E-state index is 13.3. The summed E-state index contributed by atoms with van der Waals surface area (Å²) in [5.74, 6) is 0. The van der Waals surface area contributed by atoms with Crippen LogP contribution in [0.3, 0.4) is 0 Å². The Morgan fingerprint density at radius 1 is 0.909 bits per heavy atom. The summed E-state index contributed by atoms with van der Waals surface area (Å²) in [7, 11) is 0. The van der Waals surface area contributed by atoms with Crippen LogP contribution in [0.15, 0.2) is 59.7 Å². The minimum Gasteiger partial charge on any atom is -0.296 e. The summed E-state index contributed by atoms with van der Waals surface area (Å²) in [5.41, 5.74) is 6.59. The predicted molar refractivity (Wildman–Crippen MR) is 131 cm³/mol. The summed E-state index contributed by atoms with van der Waals surface area (Å²) < 4.78 is 5.61. The normalized spacial score (nSPS) is 11.2. The minimum absolute atomic E-state index is 0.111. The Morgan fingerprint density at radius 2 is 1.67 bits per heavy atom. The first-order chi connectivity index (χ1) is 16.1. The van der Waals surface area contributed by atoms with E-state index in [9.17, 15) is 4.79 Å². The highest BCUT2D eigenvalue weighted by atomic mass is 16.1. The summed E-state index contributed by atoms with van der Waals surface area (Å²) in [4.78, 5) is 13.3. The molecule has 0 amide bonds. The fraction of sp³-hybridized carbons (Fsp3) is 0.385. The van der Waals surface area contributed by atoms with Crippen LogP contribution in [-0.4, -0.2) is 29.3 Å². The lowest BCUT2D eigenvalue weighted by molar-refractivity contribution is 0.584. The number of imidazole rings is 1. The van der Waals surface area contributed by atoms with Crippen LogP contribution in [0.4, 0.5) is 0 Å². The Bertz CT molecular complexity index is 1240. The zero-order chi connectivity index (χ0) is 23.2. The summed E-state index contributed by atoms with van der Waals surface area (Å²) >= 11 is 0. The fourth-order valence-corrected chi connectivity index (χ4v) is 4.32. The van der Waals surface area contributed by atoms with Crippen molar-refractivity contribution in [1.29, 1.82) is 0 Å². The maximum Gasteiger partial charge on any atom is 0.328 e. The van der Waals surface area contributed by atoms with Gasteiger partial charge in [0.15, 0.2) is 0 Å². The van der Waals surface area contributed by atoms with Crippen molar-refractivity contribution in [1.82, 2.24) is 29.3 Å². The Labute approximate surface area is 194 Å². The molecule has 0 aliphatic rings. The number of aromatic nitrogens is 6. The van der Waals surface area contributed by atoms with Crippen LogP contribution in [0.1, 0.15) is 56.5 Å². The van der Waals surface area contributed by atoms with Gasteiger partial charge in [-0.2, -0.15) is 4.68 Å². The molecule has 7 heteroatoms. The average Bonchev–Trinajstić information content (AvgIpc) is 3.45. The number of benzene rings is 2. The second-order valence-electron chi connectivity index (χ2n) is 8.48. The molecule has 0 unspecified atom stereocenters. The highest BCUT2D eigenvalue weighted by molar-refractivity contribution is 5.72. The molecule has 0 N–H and O–H groups in total. The van der Waals surface area contributed by atoms with E-state index in [2.05, 4.69) is 66.6 Å². The number of unbranched alkanes of at least 4 members (excludes halogenated alkanes) is 2. The molecule has 0 saturated heterocycles. The molecular formula is C26H32N6O. The van der Waals surface area contributed by atoms with Crippen LogP contribution < -0.4 is 5.69 Å². The van der Waals surface area contributed by atoms with E-state index in [-0.39, 0.29) is 5.69 Å². The third-order valence-electron chi connectivity index (χ3n) is 6.22. The maximum atomic E-state index is 13.3. The van der Waals surface area contributed by atoms with Gasteiger partial charge in [-0.15, -0.1) is 5.10 Å². The highest BCUT2D eigenvalue weighted by Crippen LogP contribution is 2.26. The summed E-state index contributed by atoms with van der Waals surface area (Å²) in [6.45, 7) is 7.83. The van der Waals surface area contributed by atoms with Gasteiger partial charge in [0, 0.05) is 23.5 Å². The molecule has 172 valence electrons. The van der Waals surface area contributed by atoms with Gasteiger partial charge in [0.25, 0.3) is 0 Å². The Balaban J connectivity index is 1.64. The van der Waals surface area contributed by atoms with Crippen molar-refractivity contribution < 1.29 is 0 Å². The molecule has 2 heterocycles. The summed E-state index contributed by atoms with van der Waals surface area (Å²) in [5, 5.41) is 11.6. The minimum atomic E-state index is 0.111. The molecule has 7 nitrogen and oxygen atoms in total. The number of nitrogens with zero attached hydrogens (tertiary/aromatic N) is 6. The van der Waals surface area contributed by atoms with E-state index in [1.165, 1.54) is 5.69 Å². The molecule has 2 aromatic carbocycles. The van der Waals surface area contributed by atoms with E-state index in [1.807, 2.05) is 27.3 Å². The van der Waals surface area contributed by atoms with Crippen molar-refractivity contribution in [2.45, 2.75) is 66.0 Å². The molecule has 0 spiro atoms. The van der Waals surface area contributed by atoms with Gasteiger partial charge in [0.2, 0.25) is 0 Å². The van der Waals surface area contributed by atoms with Crippen LogP contribution in [0, 0.1) is 6.92 Å². The average molecular weight is 445 g/mol.